The minimum atomic E-state index is -0.0447. The van der Waals surface area contributed by atoms with Crippen molar-refractivity contribution in [2.24, 2.45) is 0 Å². The van der Waals surface area contributed by atoms with E-state index in [4.69, 9.17) is 0 Å². The topological polar surface area (TPSA) is 57.5 Å². The van der Waals surface area contributed by atoms with Crippen LogP contribution in [-0.2, 0) is 6.42 Å². The number of benzene rings is 1. The van der Waals surface area contributed by atoms with E-state index in [1.54, 1.807) is 0 Å². The largest absolute Gasteiger partial charge is 0.508 e. The first-order valence-electron chi connectivity index (χ1n) is 9.69. The molecule has 24 heavy (non-hydrogen) atoms. The molecule has 0 aliphatic rings. The first-order chi connectivity index (χ1) is 11.7. The third-order valence-electron chi connectivity index (χ3n) is 4.65. The van der Waals surface area contributed by atoms with Gasteiger partial charge in [0.2, 0.25) is 0 Å². The third kappa shape index (κ3) is 8.37. The Morgan fingerprint density at radius 2 is 1.25 bits per heavy atom. The second-order valence-corrected chi connectivity index (χ2v) is 6.80. The minimum absolute atomic E-state index is 0.0447. The highest BCUT2D eigenvalue weighted by molar-refractivity contribution is 5.80. The maximum Gasteiger partial charge on any atom is 0.153 e. The zero-order valence-electron chi connectivity index (χ0n) is 15.2. The molecule has 3 heteroatoms. The summed E-state index contributed by atoms with van der Waals surface area (Å²) in [6.07, 6.45) is 16.9. The molecule has 0 heterocycles. The SMILES string of the molecule is CCCCCCCCCCCCCCc1cc(O)c(C=O)cc1O. The fourth-order valence-corrected chi connectivity index (χ4v) is 3.09. The van der Waals surface area contributed by atoms with Crippen LogP contribution in [-0.4, -0.2) is 16.5 Å². The first-order valence-corrected chi connectivity index (χ1v) is 9.69. The Bertz CT molecular complexity index is 468. The van der Waals surface area contributed by atoms with Crippen LogP contribution in [0.3, 0.4) is 0 Å². The number of carbonyl (C=O) groups excluding carboxylic acids is 1. The maximum atomic E-state index is 10.7. The fraction of sp³-hybridized carbons (Fsp3) is 0.667. The van der Waals surface area contributed by atoms with Gasteiger partial charge in [0.1, 0.15) is 11.5 Å². The predicted octanol–water partition coefficient (Wildman–Crippen LogP) is 6.15. The molecule has 0 atom stereocenters. The lowest BCUT2D eigenvalue weighted by Crippen LogP contribution is -1.90. The van der Waals surface area contributed by atoms with Crippen LogP contribution in [0.4, 0.5) is 0 Å². The maximum absolute atomic E-state index is 10.7. The van der Waals surface area contributed by atoms with E-state index in [9.17, 15) is 15.0 Å². The summed E-state index contributed by atoms with van der Waals surface area (Å²) in [5.74, 6) is 0.0645. The number of phenols is 2. The van der Waals surface area contributed by atoms with E-state index in [2.05, 4.69) is 6.92 Å². The smallest absolute Gasteiger partial charge is 0.153 e. The Morgan fingerprint density at radius 3 is 1.75 bits per heavy atom. The Kier molecular flexibility index (Phi) is 11.0. The summed E-state index contributed by atoms with van der Waals surface area (Å²) >= 11 is 0. The fourth-order valence-electron chi connectivity index (χ4n) is 3.09. The Morgan fingerprint density at radius 1 is 0.750 bits per heavy atom. The van der Waals surface area contributed by atoms with Crippen molar-refractivity contribution in [3.63, 3.8) is 0 Å². The van der Waals surface area contributed by atoms with Crippen molar-refractivity contribution in [1.82, 2.24) is 0 Å². The molecule has 1 aromatic rings. The van der Waals surface area contributed by atoms with E-state index in [0.29, 0.717) is 6.29 Å². The number of rotatable bonds is 14. The zero-order valence-corrected chi connectivity index (χ0v) is 15.2. The lowest BCUT2D eigenvalue weighted by atomic mass is 10.0. The van der Waals surface area contributed by atoms with Gasteiger partial charge in [-0.25, -0.2) is 0 Å². The highest BCUT2D eigenvalue weighted by Gasteiger charge is 2.07. The molecule has 0 unspecified atom stereocenters. The summed E-state index contributed by atoms with van der Waals surface area (Å²) in [4.78, 5) is 10.7. The summed E-state index contributed by atoms with van der Waals surface area (Å²) in [7, 11) is 0. The molecule has 0 saturated carbocycles. The predicted molar refractivity (Wildman–Crippen MR) is 99.9 cm³/mol. The molecule has 0 aliphatic heterocycles. The summed E-state index contributed by atoms with van der Waals surface area (Å²) in [5.41, 5.74) is 0.871. The average Bonchev–Trinajstić information content (AvgIpc) is 2.58. The van der Waals surface area contributed by atoms with Gasteiger partial charge in [0.25, 0.3) is 0 Å². The quantitative estimate of drug-likeness (QED) is 0.243. The zero-order chi connectivity index (χ0) is 17.6. The number of hydrogen-bond donors (Lipinski definition) is 2. The van der Waals surface area contributed by atoms with Crippen LogP contribution >= 0.6 is 0 Å². The molecule has 0 spiro atoms. The molecule has 0 amide bonds. The molecule has 136 valence electrons. The molecule has 0 bridgehead atoms. The van der Waals surface area contributed by atoms with Gasteiger partial charge in [-0.1, -0.05) is 77.6 Å². The molecule has 0 fully saturated rings. The summed E-state index contributed by atoms with van der Waals surface area (Å²) in [6.45, 7) is 2.25. The molecule has 1 rings (SSSR count). The number of phenolic OH excluding ortho intramolecular Hbond substituents is 2. The number of carbonyl (C=O) groups is 1. The van der Waals surface area contributed by atoms with Gasteiger partial charge < -0.3 is 10.2 Å². The lowest BCUT2D eigenvalue weighted by molar-refractivity contribution is 0.112. The van der Waals surface area contributed by atoms with Crippen LogP contribution in [0, 0.1) is 0 Å². The van der Waals surface area contributed by atoms with Gasteiger partial charge >= 0.3 is 0 Å². The van der Waals surface area contributed by atoms with Gasteiger partial charge in [-0.2, -0.15) is 0 Å². The Labute approximate surface area is 147 Å². The highest BCUT2D eigenvalue weighted by Crippen LogP contribution is 2.27. The second-order valence-electron chi connectivity index (χ2n) is 6.80. The van der Waals surface area contributed by atoms with Gasteiger partial charge in [-0.3, -0.25) is 4.79 Å². The van der Waals surface area contributed by atoms with Crippen LogP contribution in [0.15, 0.2) is 12.1 Å². The lowest BCUT2D eigenvalue weighted by Gasteiger charge is -2.07. The van der Waals surface area contributed by atoms with Crippen LogP contribution in [0.5, 0.6) is 11.5 Å². The van der Waals surface area contributed by atoms with Crippen LogP contribution in [0.25, 0.3) is 0 Å². The molecular weight excluding hydrogens is 300 g/mol. The van der Waals surface area contributed by atoms with Crippen molar-refractivity contribution in [2.45, 2.75) is 90.4 Å². The summed E-state index contributed by atoms with van der Waals surface area (Å²) in [6, 6.07) is 2.86. The number of unbranched alkanes of at least 4 members (excludes halogenated alkanes) is 11. The van der Waals surface area contributed by atoms with Gasteiger partial charge in [0, 0.05) is 0 Å². The molecule has 1 aromatic carbocycles. The molecular formula is C21H34O3. The number of aldehydes is 1. The van der Waals surface area contributed by atoms with Crippen molar-refractivity contribution in [2.75, 3.05) is 0 Å². The average molecular weight is 334 g/mol. The van der Waals surface area contributed by atoms with E-state index < -0.39 is 0 Å². The van der Waals surface area contributed by atoms with Crippen molar-refractivity contribution < 1.29 is 15.0 Å². The Balaban J connectivity index is 2.03. The summed E-state index contributed by atoms with van der Waals surface area (Å²) in [5, 5.41) is 19.5. The normalized spacial score (nSPS) is 10.9. The van der Waals surface area contributed by atoms with Crippen molar-refractivity contribution in [3.8, 4) is 11.5 Å². The first kappa shape index (κ1) is 20.5. The summed E-state index contributed by atoms with van der Waals surface area (Å²) < 4.78 is 0. The Hall–Kier alpha value is -1.51. The van der Waals surface area contributed by atoms with Crippen molar-refractivity contribution >= 4 is 6.29 Å². The monoisotopic (exact) mass is 334 g/mol. The standard InChI is InChI=1S/C21H34O3/c1-2-3-4-5-6-7-8-9-10-11-12-13-14-18-15-21(24)19(17-22)16-20(18)23/h15-17,23-24H,2-14H2,1H3. The number of aryl methyl sites for hydroxylation is 1. The van der Waals surface area contributed by atoms with Crippen LogP contribution in [0.1, 0.15) is 99.9 Å². The number of hydrogen-bond acceptors (Lipinski definition) is 3. The van der Waals surface area contributed by atoms with Crippen LogP contribution < -0.4 is 0 Å². The molecule has 0 radical (unpaired) electrons. The molecule has 0 aromatic heterocycles. The van der Waals surface area contributed by atoms with Gasteiger partial charge in [-0.15, -0.1) is 0 Å². The second kappa shape index (κ2) is 12.9. The minimum Gasteiger partial charge on any atom is -0.508 e. The molecule has 3 nitrogen and oxygen atoms in total. The number of aromatic hydroxyl groups is 2. The molecule has 0 aliphatic carbocycles. The molecule has 0 saturated heterocycles. The van der Waals surface area contributed by atoms with E-state index in [-0.39, 0.29) is 17.1 Å². The van der Waals surface area contributed by atoms with E-state index >= 15 is 0 Å². The van der Waals surface area contributed by atoms with Gasteiger partial charge in [-0.05, 0) is 30.5 Å². The van der Waals surface area contributed by atoms with Crippen LogP contribution in [0.2, 0.25) is 0 Å². The van der Waals surface area contributed by atoms with E-state index in [1.165, 1.54) is 76.3 Å². The van der Waals surface area contributed by atoms with E-state index in [0.717, 1.165) is 24.8 Å². The van der Waals surface area contributed by atoms with Crippen molar-refractivity contribution in [3.05, 3.63) is 23.3 Å². The third-order valence-corrected chi connectivity index (χ3v) is 4.65. The van der Waals surface area contributed by atoms with E-state index in [1.807, 2.05) is 0 Å². The van der Waals surface area contributed by atoms with Gasteiger partial charge in [0.15, 0.2) is 6.29 Å². The van der Waals surface area contributed by atoms with Crippen molar-refractivity contribution in [1.29, 1.82) is 0 Å². The van der Waals surface area contributed by atoms with Gasteiger partial charge in [0.05, 0.1) is 5.56 Å². The highest BCUT2D eigenvalue weighted by atomic mass is 16.3. The molecule has 2 N–H and O–H groups in total.